The molecule has 0 fully saturated rings. The largest absolute Gasteiger partial charge is 0.491 e. The van der Waals surface area contributed by atoms with Gasteiger partial charge in [-0.1, -0.05) is 18.2 Å². The van der Waals surface area contributed by atoms with Crippen LogP contribution in [-0.4, -0.2) is 26.8 Å². The van der Waals surface area contributed by atoms with E-state index in [9.17, 15) is 13.4 Å². The molecule has 0 bridgehead atoms. The highest BCUT2D eigenvalue weighted by molar-refractivity contribution is 7.89. The normalized spacial score (nSPS) is 14.0. The Balaban J connectivity index is 1.74. The lowest BCUT2D eigenvalue weighted by Gasteiger charge is -2.08. The summed E-state index contributed by atoms with van der Waals surface area (Å²) in [6.45, 7) is 0.362. The number of fused-ring (bicyclic) bond motifs is 1. The van der Waals surface area contributed by atoms with E-state index in [0.717, 1.165) is 16.6 Å². The van der Waals surface area contributed by atoms with Gasteiger partial charge < -0.3 is 14.4 Å². The number of hydrogen-bond acceptors (Lipinski definition) is 5. The predicted octanol–water partition coefficient (Wildman–Crippen LogP) is 1.24. The number of sulfone groups is 1. The van der Waals surface area contributed by atoms with Crippen LogP contribution in [0.5, 0.6) is 11.5 Å². The molecule has 0 unspecified atom stereocenters. The van der Waals surface area contributed by atoms with Crippen molar-refractivity contribution in [3.05, 3.63) is 53.6 Å². The summed E-state index contributed by atoms with van der Waals surface area (Å²) in [5.74, 6) is 1.28. The van der Waals surface area contributed by atoms with Crippen molar-refractivity contribution in [3.63, 3.8) is 0 Å². The van der Waals surface area contributed by atoms with Gasteiger partial charge in [-0.3, -0.25) is 0 Å². The van der Waals surface area contributed by atoms with Gasteiger partial charge in [-0.2, -0.15) is 0 Å². The standard InChI is InChI=1S/C15H15BO5S/c1-22(18,19)10-11-2-4-13(5-3-11)21-14-6-7-15-12(8-14)9-20-16(15)17/h2-8,17H,9-10H2,1H3. The van der Waals surface area contributed by atoms with E-state index in [-0.39, 0.29) is 5.75 Å². The Hall–Kier alpha value is -1.83. The Labute approximate surface area is 129 Å². The van der Waals surface area contributed by atoms with Crippen LogP contribution >= 0.6 is 0 Å². The molecular formula is C15H15BO5S. The van der Waals surface area contributed by atoms with Crippen molar-refractivity contribution in [2.75, 3.05) is 6.26 Å². The van der Waals surface area contributed by atoms with Crippen LogP contribution in [0.2, 0.25) is 0 Å². The number of ether oxygens (including phenoxy) is 1. The zero-order valence-corrected chi connectivity index (χ0v) is 12.8. The van der Waals surface area contributed by atoms with Crippen molar-refractivity contribution >= 4 is 22.4 Å². The topological polar surface area (TPSA) is 72.8 Å². The first-order valence-corrected chi connectivity index (χ1v) is 8.84. The molecule has 0 radical (unpaired) electrons. The zero-order valence-electron chi connectivity index (χ0n) is 12.0. The van der Waals surface area contributed by atoms with Gasteiger partial charge in [-0.25, -0.2) is 8.42 Å². The molecule has 5 nitrogen and oxygen atoms in total. The second kappa shape index (κ2) is 5.76. The van der Waals surface area contributed by atoms with Gasteiger partial charge in [0.25, 0.3) is 0 Å². The summed E-state index contributed by atoms with van der Waals surface area (Å²) >= 11 is 0. The molecule has 1 heterocycles. The summed E-state index contributed by atoms with van der Waals surface area (Å²) in [5, 5.41) is 9.57. The third kappa shape index (κ3) is 3.49. The van der Waals surface area contributed by atoms with Gasteiger partial charge in [-0.05, 0) is 40.9 Å². The first-order chi connectivity index (χ1) is 10.4. The molecule has 1 aliphatic heterocycles. The molecule has 0 spiro atoms. The van der Waals surface area contributed by atoms with Crippen LogP contribution in [0, 0.1) is 0 Å². The average molecular weight is 318 g/mol. The average Bonchev–Trinajstić information content (AvgIpc) is 2.81. The van der Waals surface area contributed by atoms with Gasteiger partial charge in [0.2, 0.25) is 0 Å². The molecule has 0 atom stereocenters. The van der Waals surface area contributed by atoms with Crippen LogP contribution in [-0.2, 0) is 26.9 Å². The fourth-order valence-electron chi connectivity index (χ4n) is 2.36. The van der Waals surface area contributed by atoms with Gasteiger partial charge in [0, 0.05) is 6.26 Å². The molecule has 0 saturated heterocycles. The van der Waals surface area contributed by atoms with Crippen molar-refractivity contribution in [2.24, 2.45) is 0 Å². The molecule has 2 aromatic rings. The second-order valence-electron chi connectivity index (χ2n) is 5.34. The number of rotatable bonds is 4. The third-order valence-corrected chi connectivity index (χ3v) is 4.22. The van der Waals surface area contributed by atoms with Crippen LogP contribution in [0.15, 0.2) is 42.5 Å². The van der Waals surface area contributed by atoms with Gasteiger partial charge >= 0.3 is 7.12 Å². The minimum absolute atomic E-state index is 0.0152. The SMILES string of the molecule is CS(=O)(=O)Cc1ccc(Oc2ccc3c(c2)COB3O)cc1. The Morgan fingerprint density at radius 1 is 1.18 bits per heavy atom. The van der Waals surface area contributed by atoms with E-state index < -0.39 is 17.0 Å². The summed E-state index contributed by atoms with van der Waals surface area (Å²) in [6.07, 6.45) is 1.21. The van der Waals surface area contributed by atoms with Gasteiger partial charge in [0.1, 0.15) is 11.5 Å². The zero-order chi connectivity index (χ0) is 15.7. The van der Waals surface area contributed by atoms with Crippen molar-refractivity contribution < 1.29 is 22.8 Å². The maximum Gasteiger partial charge on any atom is 0.491 e. The molecule has 22 heavy (non-hydrogen) atoms. The van der Waals surface area contributed by atoms with Gasteiger partial charge in [-0.15, -0.1) is 0 Å². The molecule has 7 heteroatoms. The Bertz CT molecular complexity index is 786. The van der Waals surface area contributed by atoms with Crippen LogP contribution in [0.1, 0.15) is 11.1 Å². The molecule has 2 aromatic carbocycles. The molecule has 1 aliphatic rings. The summed E-state index contributed by atoms with van der Waals surface area (Å²) in [6, 6.07) is 12.3. The highest BCUT2D eigenvalue weighted by atomic mass is 32.2. The van der Waals surface area contributed by atoms with Crippen LogP contribution in [0.3, 0.4) is 0 Å². The first kappa shape index (κ1) is 15.1. The fourth-order valence-corrected chi connectivity index (χ4v) is 3.16. The maximum absolute atomic E-state index is 11.2. The lowest BCUT2D eigenvalue weighted by molar-refractivity contribution is 0.275. The van der Waals surface area contributed by atoms with Crippen molar-refractivity contribution in [1.82, 2.24) is 0 Å². The number of benzene rings is 2. The minimum Gasteiger partial charge on any atom is -0.457 e. The minimum atomic E-state index is -3.04. The third-order valence-electron chi connectivity index (χ3n) is 3.37. The lowest BCUT2D eigenvalue weighted by atomic mass is 9.80. The quantitative estimate of drug-likeness (QED) is 0.859. The van der Waals surface area contributed by atoms with Crippen LogP contribution in [0.4, 0.5) is 0 Å². The summed E-state index contributed by atoms with van der Waals surface area (Å²) in [4.78, 5) is 0. The van der Waals surface area contributed by atoms with Crippen molar-refractivity contribution in [1.29, 1.82) is 0 Å². The Kier molecular flexibility index (Phi) is 3.95. The number of hydrogen-bond donors (Lipinski definition) is 1. The second-order valence-corrected chi connectivity index (χ2v) is 7.48. The van der Waals surface area contributed by atoms with E-state index in [0.29, 0.717) is 18.1 Å². The van der Waals surface area contributed by atoms with E-state index in [4.69, 9.17) is 9.39 Å². The molecule has 0 aromatic heterocycles. The fraction of sp³-hybridized carbons (Fsp3) is 0.200. The van der Waals surface area contributed by atoms with E-state index >= 15 is 0 Å². The molecule has 0 saturated carbocycles. The Morgan fingerprint density at radius 3 is 2.55 bits per heavy atom. The Morgan fingerprint density at radius 2 is 1.86 bits per heavy atom. The van der Waals surface area contributed by atoms with E-state index in [1.165, 1.54) is 6.26 Å². The highest BCUT2D eigenvalue weighted by Crippen LogP contribution is 2.24. The van der Waals surface area contributed by atoms with Crippen LogP contribution in [0.25, 0.3) is 0 Å². The lowest BCUT2D eigenvalue weighted by Crippen LogP contribution is -2.27. The molecule has 0 amide bonds. The smallest absolute Gasteiger partial charge is 0.457 e. The summed E-state index contributed by atoms with van der Waals surface area (Å²) < 4.78 is 33.4. The molecule has 0 aliphatic carbocycles. The first-order valence-electron chi connectivity index (χ1n) is 6.78. The molecule has 1 N–H and O–H groups in total. The molecular weight excluding hydrogens is 303 g/mol. The summed E-state index contributed by atoms with van der Waals surface area (Å²) in [5.41, 5.74) is 2.38. The van der Waals surface area contributed by atoms with Crippen molar-refractivity contribution in [2.45, 2.75) is 12.4 Å². The van der Waals surface area contributed by atoms with Crippen LogP contribution < -0.4 is 10.2 Å². The van der Waals surface area contributed by atoms with Gasteiger partial charge in [0.05, 0.1) is 12.4 Å². The highest BCUT2D eigenvalue weighted by Gasteiger charge is 2.27. The summed E-state index contributed by atoms with van der Waals surface area (Å²) in [7, 11) is -3.90. The van der Waals surface area contributed by atoms with E-state index in [1.54, 1.807) is 36.4 Å². The predicted molar refractivity (Wildman–Crippen MR) is 83.9 cm³/mol. The van der Waals surface area contributed by atoms with Gasteiger partial charge in [0.15, 0.2) is 9.84 Å². The monoisotopic (exact) mass is 318 g/mol. The van der Waals surface area contributed by atoms with E-state index in [2.05, 4.69) is 0 Å². The molecule has 114 valence electrons. The maximum atomic E-state index is 11.2. The molecule has 3 rings (SSSR count). The van der Waals surface area contributed by atoms with E-state index in [1.807, 2.05) is 6.07 Å². The van der Waals surface area contributed by atoms with Crippen molar-refractivity contribution in [3.8, 4) is 11.5 Å².